The number of nitrogens with one attached hydrogen (secondary N) is 1. The van der Waals surface area contributed by atoms with Gasteiger partial charge in [-0.05, 0) is 17.5 Å². The van der Waals surface area contributed by atoms with Gasteiger partial charge in [0.05, 0.1) is 21.2 Å². The molecular weight excluding hydrogens is 301 g/mol. The lowest BCUT2D eigenvalue weighted by atomic mass is 10.0. The standard InChI is InChI=1S/C13H9Cl2N3S/c14-8-4-2-1-3-7(8)10-11(17-18-13(10)16)12-9(15)5-6-19-12/h1-6H,(H3,16,17,18). The van der Waals surface area contributed by atoms with Crippen molar-refractivity contribution in [2.45, 2.75) is 0 Å². The average molecular weight is 310 g/mol. The van der Waals surface area contributed by atoms with E-state index in [1.807, 2.05) is 35.7 Å². The molecule has 96 valence electrons. The van der Waals surface area contributed by atoms with E-state index in [-0.39, 0.29) is 0 Å². The summed E-state index contributed by atoms with van der Waals surface area (Å²) in [5.41, 5.74) is 8.39. The molecule has 3 rings (SSSR count). The third kappa shape index (κ3) is 2.12. The third-order valence-corrected chi connectivity index (χ3v) is 4.47. The zero-order valence-electron chi connectivity index (χ0n) is 9.65. The predicted molar refractivity (Wildman–Crippen MR) is 81.8 cm³/mol. The van der Waals surface area contributed by atoms with Gasteiger partial charge in [0.1, 0.15) is 0 Å². The van der Waals surface area contributed by atoms with E-state index >= 15 is 0 Å². The van der Waals surface area contributed by atoms with E-state index < -0.39 is 0 Å². The van der Waals surface area contributed by atoms with Crippen LogP contribution in [0.2, 0.25) is 10.0 Å². The van der Waals surface area contributed by atoms with Gasteiger partial charge in [0.15, 0.2) is 5.82 Å². The van der Waals surface area contributed by atoms with E-state index in [1.165, 1.54) is 11.3 Å². The molecule has 3 aromatic rings. The van der Waals surface area contributed by atoms with Gasteiger partial charge >= 0.3 is 0 Å². The number of halogens is 2. The first-order valence-corrected chi connectivity index (χ1v) is 7.14. The Hall–Kier alpha value is -1.49. The normalized spacial score (nSPS) is 10.8. The number of nitrogen functional groups attached to an aromatic ring is 1. The van der Waals surface area contributed by atoms with Gasteiger partial charge in [0, 0.05) is 10.6 Å². The van der Waals surface area contributed by atoms with Gasteiger partial charge in [-0.2, -0.15) is 5.10 Å². The molecule has 0 aliphatic rings. The molecule has 3 nitrogen and oxygen atoms in total. The molecular formula is C13H9Cl2N3S. The SMILES string of the molecule is Nc1n[nH]c(-c2sccc2Cl)c1-c1ccccc1Cl. The lowest BCUT2D eigenvalue weighted by Gasteiger charge is -2.05. The number of hydrogen-bond acceptors (Lipinski definition) is 3. The molecule has 0 aliphatic heterocycles. The van der Waals surface area contributed by atoms with Crippen molar-refractivity contribution in [3.8, 4) is 21.7 Å². The van der Waals surface area contributed by atoms with Gasteiger partial charge in [0.2, 0.25) is 0 Å². The molecule has 0 fully saturated rings. The monoisotopic (exact) mass is 309 g/mol. The minimum Gasteiger partial charge on any atom is -0.382 e. The first-order valence-electron chi connectivity index (χ1n) is 5.50. The number of thiophene rings is 1. The zero-order chi connectivity index (χ0) is 13.4. The van der Waals surface area contributed by atoms with Gasteiger partial charge in [0.25, 0.3) is 0 Å². The summed E-state index contributed by atoms with van der Waals surface area (Å²) in [6.07, 6.45) is 0. The molecule has 0 bridgehead atoms. The second-order valence-electron chi connectivity index (χ2n) is 3.94. The van der Waals surface area contributed by atoms with Gasteiger partial charge in [-0.1, -0.05) is 41.4 Å². The van der Waals surface area contributed by atoms with E-state index in [2.05, 4.69) is 10.2 Å². The molecule has 0 unspecified atom stereocenters. The molecule has 19 heavy (non-hydrogen) atoms. The van der Waals surface area contributed by atoms with Gasteiger partial charge < -0.3 is 5.73 Å². The number of anilines is 1. The van der Waals surface area contributed by atoms with Crippen molar-refractivity contribution in [2.75, 3.05) is 5.73 Å². The second kappa shape index (κ2) is 4.89. The molecule has 0 amide bonds. The summed E-state index contributed by atoms with van der Waals surface area (Å²) in [6, 6.07) is 9.36. The number of rotatable bonds is 2. The minimum absolute atomic E-state index is 0.410. The molecule has 0 saturated heterocycles. The number of H-pyrrole nitrogens is 1. The number of aromatic nitrogens is 2. The van der Waals surface area contributed by atoms with Crippen molar-refractivity contribution in [3.05, 3.63) is 45.8 Å². The van der Waals surface area contributed by atoms with Crippen LogP contribution in [-0.2, 0) is 0 Å². The smallest absolute Gasteiger partial charge is 0.153 e. The maximum absolute atomic E-state index is 6.23. The molecule has 0 aliphatic carbocycles. The summed E-state index contributed by atoms with van der Waals surface area (Å²) < 4.78 is 0. The van der Waals surface area contributed by atoms with Crippen LogP contribution in [0.1, 0.15) is 0 Å². The van der Waals surface area contributed by atoms with Crippen LogP contribution in [0.3, 0.4) is 0 Å². The highest BCUT2D eigenvalue weighted by molar-refractivity contribution is 7.14. The Bertz CT molecular complexity index is 733. The van der Waals surface area contributed by atoms with E-state index in [0.717, 1.165) is 21.7 Å². The molecule has 0 radical (unpaired) electrons. The fraction of sp³-hybridized carbons (Fsp3) is 0. The molecule has 0 saturated carbocycles. The highest BCUT2D eigenvalue weighted by Gasteiger charge is 2.19. The molecule has 1 aromatic carbocycles. The predicted octanol–water partition coefficient (Wildman–Crippen LogP) is 4.69. The van der Waals surface area contributed by atoms with Crippen LogP contribution in [0.25, 0.3) is 21.7 Å². The number of benzene rings is 1. The van der Waals surface area contributed by atoms with Crippen molar-refractivity contribution < 1.29 is 0 Å². The van der Waals surface area contributed by atoms with Crippen molar-refractivity contribution in [3.63, 3.8) is 0 Å². The summed E-state index contributed by atoms with van der Waals surface area (Å²) >= 11 is 13.9. The summed E-state index contributed by atoms with van der Waals surface area (Å²) in [7, 11) is 0. The number of aromatic amines is 1. The van der Waals surface area contributed by atoms with Crippen LogP contribution in [0.4, 0.5) is 5.82 Å². The number of hydrogen-bond donors (Lipinski definition) is 2. The van der Waals surface area contributed by atoms with E-state index in [4.69, 9.17) is 28.9 Å². The maximum atomic E-state index is 6.23. The van der Waals surface area contributed by atoms with Crippen LogP contribution < -0.4 is 5.73 Å². The molecule has 2 aromatic heterocycles. The minimum atomic E-state index is 0.410. The zero-order valence-corrected chi connectivity index (χ0v) is 12.0. The summed E-state index contributed by atoms with van der Waals surface area (Å²) in [5, 5.41) is 10.2. The Morgan fingerprint density at radius 3 is 2.58 bits per heavy atom. The Labute approximate surface area is 124 Å². The van der Waals surface area contributed by atoms with Crippen LogP contribution in [0.5, 0.6) is 0 Å². The molecule has 6 heteroatoms. The number of nitrogens with zero attached hydrogens (tertiary/aromatic N) is 1. The Balaban J connectivity index is 2.26. The van der Waals surface area contributed by atoms with Crippen LogP contribution in [0, 0.1) is 0 Å². The van der Waals surface area contributed by atoms with Gasteiger partial charge in [-0.15, -0.1) is 11.3 Å². The van der Waals surface area contributed by atoms with Gasteiger partial charge in [-0.3, -0.25) is 5.10 Å². The van der Waals surface area contributed by atoms with E-state index in [1.54, 1.807) is 0 Å². The van der Waals surface area contributed by atoms with Crippen LogP contribution in [-0.4, -0.2) is 10.2 Å². The Morgan fingerprint density at radius 1 is 1.11 bits per heavy atom. The van der Waals surface area contributed by atoms with Crippen molar-refractivity contribution >= 4 is 40.4 Å². The van der Waals surface area contributed by atoms with E-state index in [0.29, 0.717) is 15.9 Å². The van der Waals surface area contributed by atoms with Crippen molar-refractivity contribution in [2.24, 2.45) is 0 Å². The summed E-state index contributed by atoms with van der Waals surface area (Å²) in [4.78, 5) is 0.904. The molecule has 2 heterocycles. The second-order valence-corrected chi connectivity index (χ2v) is 5.67. The van der Waals surface area contributed by atoms with Crippen LogP contribution in [0.15, 0.2) is 35.7 Å². The third-order valence-electron chi connectivity index (χ3n) is 2.78. The summed E-state index contributed by atoms with van der Waals surface area (Å²) in [6.45, 7) is 0. The number of nitrogens with two attached hydrogens (primary N) is 1. The maximum Gasteiger partial charge on any atom is 0.153 e. The van der Waals surface area contributed by atoms with E-state index in [9.17, 15) is 0 Å². The lowest BCUT2D eigenvalue weighted by Crippen LogP contribution is -1.89. The van der Waals surface area contributed by atoms with Crippen molar-refractivity contribution in [1.29, 1.82) is 0 Å². The van der Waals surface area contributed by atoms with Gasteiger partial charge in [-0.25, -0.2) is 0 Å². The molecule has 0 spiro atoms. The first-order chi connectivity index (χ1) is 9.18. The average Bonchev–Trinajstić information content (AvgIpc) is 2.96. The Morgan fingerprint density at radius 2 is 1.89 bits per heavy atom. The largest absolute Gasteiger partial charge is 0.382 e. The highest BCUT2D eigenvalue weighted by atomic mass is 35.5. The highest BCUT2D eigenvalue weighted by Crippen LogP contribution is 2.42. The fourth-order valence-corrected chi connectivity index (χ4v) is 3.31. The quantitative estimate of drug-likeness (QED) is 0.721. The van der Waals surface area contributed by atoms with Crippen molar-refractivity contribution in [1.82, 2.24) is 10.2 Å². The summed E-state index contributed by atoms with van der Waals surface area (Å²) in [5.74, 6) is 0.410. The first kappa shape index (κ1) is 12.5. The Kier molecular flexibility index (Phi) is 3.22. The topological polar surface area (TPSA) is 54.7 Å². The van der Waals surface area contributed by atoms with Crippen LogP contribution >= 0.6 is 34.5 Å². The molecule has 0 atom stereocenters. The fourth-order valence-electron chi connectivity index (χ4n) is 1.93. The molecule has 3 N–H and O–H groups in total. The lowest BCUT2D eigenvalue weighted by molar-refractivity contribution is 1.11.